The van der Waals surface area contributed by atoms with Gasteiger partial charge in [0.15, 0.2) is 0 Å². The molecule has 1 fully saturated rings. The van der Waals surface area contributed by atoms with Gasteiger partial charge in [-0.3, -0.25) is 4.90 Å². The normalized spacial score (nSPS) is 17.8. The fraction of sp³-hybridized carbons (Fsp3) is 0.647. The minimum atomic E-state index is -0.482. The zero-order valence-corrected chi connectivity index (χ0v) is 13.4. The molecule has 118 valence electrons. The van der Waals surface area contributed by atoms with Crippen molar-refractivity contribution >= 4 is 0 Å². The largest absolute Gasteiger partial charge is 0.491 e. The number of aryl methyl sites for hydroxylation is 1. The van der Waals surface area contributed by atoms with Crippen LogP contribution in [0.15, 0.2) is 24.3 Å². The van der Waals surface area contributed by atoms with E-state index < -0.39 is 6.10 Å². The van der Waals surface area contributed by atoms with Crippen LogP contribution < -0.4 is 10.1 Å². The maximum atomic E-state index is 9.95. The summed E-state index contributed by atoms with van der Waals surface area (Å²) in [5, 5.41) is 13.3. The van der Waals surface area contributed by atoms with E-state index in [-0.39, 0.29) is 0 Å². The molecular weight excluding hydrogens is 264 g/mol. The third-order valence-corrected chi connectivity index (χ3v) is 4.07. The highest BCUT2D eigenvalue weighted by molar-refractivity contribution is 5.27. The quantitative estimate of drug-likeness (QED) is 0.728. The van der Waals surface area contributed by atoms with Crippen LogP contribution in [0.3, 0.4) is 0 Å². The molecule has 1 aromatic rings. The van der Waals surface area contributed by atoms with E-state index in [1.165, 1.54) is 12.8 Å². The predicted molar refractivity (Wildman–Crippen MR) is 85.8 cm³/mol. The van der Waals surface area contributed by atoms with Crippen LogP contribution >= 0.6 is 0 Å². The average Bonchev–Trinajstić information content (AvgIpc) is 3.29. The highest BCUT2D eigenvalue weighted by Gasteiger charge is 2.28. The summed E-state index contributed by atoms with van der Waals surface area (Å²) in [6.07, 6.45) is 2.17. The van der Waals surface area contributed by atoms with Crippen molar-refractivity contribution in [3.63, 3.8) is 0 Å². The molecule has 2 unspecified atom stereocenters. The van der Waals surface area contributed by atoms with E-state index in [1.54, 1.807) is 0 Å². The molecule has 2 atom stereocenters. The van der Waals surface area contributed by atoms with Gasteiger partial charge in [0.1, 0.15) is 18.5 Å². The van der Waals surface area contributed by atoms with Gasteiger partial charge in [0, 0.05) is 25.2 Å². The molecule has 2 N–H and O–H groups in total. The number of hydrogen-bond donors (Lipinski definition) is 2. The van der Waals surface area contributed by atoms with Gasteiger partial charge >= 0.3 is 0 Å². The Balaban J connectivity index is 1.59. The predicted octanol–water partition coefficient (Wildman–Crippen LogP) is 1.81. The molecule has 0 aliphatic heterocycles. The third kappa shape index (κ3) is 5.65. The molecule has 4 nitrogen and oxygen atoms in total. The van der Waals surface area contributed by atoms with Crippen LogP contribution in [0.2, 0.25) is 0 Å². The van der Waals surface area contributed by atoms with Crippen molar-refractivity contribution in [3.8, 4) is 5.75 Å². The smallest absolute Gasteiger partial charge is 0.119 e. The van der Waals surface area contributed by atoms with Crippen molar-refractivity contribution in [2.75, 3.05) is 26.7 Å². The van der Waals surface area contributed by atoms with Crippen LogP contribution in [0, 0.1) is 6.92 Å². The van der Waals surface area contributed by atoms with Crippen LogP contribution in [0.1, 0.15) is 25.3 Å². The van der Waals surface area contributed by atoms with Gasteiger partial charge in [-0.05, 0) is 51.4 Å². The fourth-order valence-electron chi connectivity index (χ4n) is 2.40. The van der Waals surface area contributed by atoms with Crippen LogP contribution in [0.4, 0.5) is 0 Å². The van der Waals surface area contributed by atoms with Crippen LogP contribution in [0.25, 0.3) is 0 Å². The molecule has 2 rings (SSSR count). The maximum absolute atomic E-state index is 9.95. The lowest BCUT2D eigenvalue weighted by molar-refractivity contribution is 0.104. The first-order valence-corrected chi connectivity index (χ1v) is 7.86. The van der Waals surface area contributed by atoms with Crippen molar-refractivity contribution in [1.29, 1.82) is 0 Å². The third-order valence-electron chi connectivity index (χ3n) is 4.07. The first kappa shape index (κ1) is 16.3. The molecule has 4 heteroatoms. The van der Waals surface area contributed by atoms with Crippen LogP contribution in [-0.4, -0.2) is 54.9 Å². The number of nitrogens with zero attached hydrogens (tertiary/aromatic N) is 1. The van der Waals surface area contributed by atoms with E-state index in [4.69, 9.17) is 4.74 Å². The Labute approximate surface area is 128 Å². The summed E-state index contributed by atoms with van der Waals surface area (Å²) in [7, 11) is 2.18. The van der Waals surface area contributed by atoms with Gasteiger partial charge in [0.05, 0.1) is 0 Å². The Morgan fingerprint density at radius 2 is 2.14 bits per heavy atom. The van der Waals surface area contributed by atoms with E-state index in [2.05, 4.69) is 24.2 Å². The first-order valence-electron chi connectivity index (χ1n) is 7.86. The minimum absolute atomic E-state index is 0.323. The highest BCUT2D eigenvalue weighted by atomic mass is 16.5. The van der Waals surface area contributed by atoms with E-state index >= 15 is 0 Å². The van der Waals surface area contributed by atoms with Gasteiger partial charge in [-0.15, -0.1) is 0 Å². The molecule has 1 saturated carbocycles. The maximum Gasteiger partial charge on any atom is 0.119 e. The number of aliphatic hydroxyl groups excluding tert-OH is 1. The summed E-state index contributed by atoms with van der Waals surface area (Å²) in [5.74, 6) is 0.816. The molecule has 0 amide bonds. The van der Waals surface area contributed by atoms with E-state index in [1.807, 2.05) is 31.2 Å². The molecular formula is C17H28N2O2. The molecule has 0 aromatic heterocycles. The molecule has 1 aliphatic carbocycles. The number of nitrogens with one attached hydrogen (secondary N) is 1. The Morgan fingerprint density at radius 3 is 2.81 bits per heavy atom. The zero-order chi connectivity index (χ0) is 15.2. The molecule has 1 aliphatic rings. The molecule has 1 aromatic carbocycles. The van der Waals surface area contributed by atoms with Crippen molar-refractivity contribution in [2.45, 2.75) is 44.9 Å². The lowest BCUT2D eigenvalue weighted by Gasteiger charge is -2.25. The van der Waals surface area contributed by atoms with Crippen molar-refractivity contribution in [2.24, 2.45) is 0 Å². The topological polar surface area (TPSA) is 44.7 Å². The second kappa shape index (κ2) is 7.78. The average molecular weight is 292 g/mol. The van der Waals surface area contributed by atoms with Gasteiger partial charge < -0.3 is 15.2 Å². The molecule has 0 radical (unpaired) electrons. The van der Waals surface area contributed by atoms with Gasteiger partial charge in [-0.25, -0.2) is 0 Å². The summed E-state index contributed by atoms with van der Waals surface area (Å²) in [5.41, 5.74) is 1.16. The van der Waals surface area contributed by atoms with Gasteiger partial charge in [0.25, 0.3) is 0 Å². The summed E-state index contributed by atoms with van der Waals surface area (Å²) in [6, 6.07) is 9.17. The number of rotatable bonds is 9. The molecule has 0 spiro atoms. The van der Waals surface area contributed by atoms with E-state index in [9.17, 15) is 5.11 Å². The lowest BCUT2D eigenvalue weighted by atomic mass is 10.2. The first-order chi connectivity index (χ1) is 10.1. The fourth-order valence-corrected chi connectivity index (χ4v) is 2.40. The lowest BCUT2D eigenvalue weighted by Crippen LogP contribution is -2.42. The Hall–Kier alpha value is -1.10. The number of hydrogen-bond acceptors (Lipinski definition) is 4. The van der Waals surface area contributed by atoms with Gasteiger partial charge in [-0.2, -0.15) is 0 Å². The summed E-state index contributed by atoms with van der Waals surface area (Å²) < 4.78 is 5.60. The number of ether oxygens (including phenoxy) is 1. The van der Waals surface area contributed by atoms with Crippen molar-refractivity contribution in [1.82, 2.24) is 10.2 Å². The number of benzene rings is 1. The number of likely N-dealkylation sites (N-methyl/N-ethyl adjacent to an activating group) is 1. The monoisotopic (exact) mass is 292 g/mol. The van der Waals surface area contributed by atoms with Gasteiger partial charge in [-0.1, -0.05) is 12.1 Å². The van der Waals surface area contributed by atoms with Gasteiger partial charge in [0.2, 0.25) is 0 Å². The molecule has 0 bridgehead atoms. The van der Waals surface area contributed by atoms with Crippen LogP contribution in [-0.2, 0) is 0 Å². The Kier molecular flexibility index (Phi) is 6.03. The Bertz CT molecular complexity index is 435. The number of aliphatic hydroxyl groups is 1. The minimum Gasteiger partial charge on any atom is -0.491 e. The summed E-state index contributed by atoms with van der Waals surface area (Å²) >= 11 is 0. The van der Waals surface area contributed by atoms with E-state index in [0.29, 0.717) is 19.2 Å². The SMILES string of the molecule is Cc1cccc(OCC(O)CNCC(C)N(C)C2CC2)c1. The summed E-state index contributed by atoms with van der Waals surface area (Å²) in [6.45, 7) is 6.04. The second-order valence-corrected chi connectivity index (χ2v) is 6.19. The summed E-state index contributed by atoms with van der Waals surface area (Å²) in [4.78, 5) is 2.42. The van der Waals surface area contributed by atoms with Crippen molar-refractivity contribution in [3.05, 3.63) is 29.8 Å². The van der Waals surface area contributed by atoms with E-state index in [0.717, 1.165) is 23.9 Å². The van der Waals surface area contributed by atoms with Crippen LogP contribution in [0.5, 0.6) is 5.75 Å². The standard InChI is InChI=1S/C17H28N2O2/c1-13-5-4-6-17(9-13)21-12-16(20)11-18-10-14(2)19(3)15-7-8-15/h4-6,9,14-16,18,20H,7-8,10-12H2,1-3H3. The highest BCUT2D eigenvalue weighted by Crippen LogP contribution is 2.26. The second-order valence-electron chi connectivity index (χ2n) is 6.19. The zero-order valence-electron chi connectivity index (χ0n) is 13.4. The molecule has 21 heavy (non-hydrogen) atoms. The molecule has 0 saturated heterocycles. The molecule has 0 heterocycles. The Morgan fingerprint density at radius 1 is 1.38 bits per heavy atom. The van der Waals surface area contributed by atoms with Crippen molar-refractivity contribution < 1.29 is 9.84 Å².